The van der Waals surface area contributed by atoms with Crippen molar-refractivity contribution in [2.75, 3.05) is 0 Å². The van der Waals surface area contributed by atoms with Crippen LogP contribution in [0.15, 0.2) is 48.0 Å². The Bertz CT molecular complexity index is 553. The highest BCUT2D eigenvalue weighted by molar-refractivity contribution is 7.28. The van der Waals surface area contributed by atoms with Crippen molar-refractivity contribution in [2.45, 2.75) is 20.8 Å². The Morgan fingerprint density at radius 2 is 1.72 bits per heavy atom. The summed E-state index contributed by atoms with van der Waals surface area (Å²) in [6, 6.07) is 12.1. The summed E-state index contributed by atoms with van der Waals surface area (Å²) in [5.74, 6) is 4.32. The lowest BCUT2D eigenvalue weighted by atomic mass is 9.84. The van der Waals surface area contributed by atoms with Gasteiger partial charge in [0.15, 0.2) is 5.78 Å². The number of rotatable bonds is 2. The number of hydrogen-bond acceptors (Lipinski definition) is 1. The van der Waals surface area contributed by atoms with Crippen molar-refractivity contribution in [3.05, 3.63) is 53.6 Å². The number of benzene rings is 1. The molecule has 0 radical (unpaired) electrons. The molecule has 1 heterocycles. The standard InChI is InChI=1S/C16H17OP/c1-16(2,3)15(17)13-9-10-18-11-14(13)12-7-5-4-6-8-12/h4-11H,1-3H3. The molecule has 0 aliphatic heterocycles. The summed E-state index contributed by atoms with van der Waals surface area (Å²) >= 11 is 0. The van der Waals surface area contributed by atoms with Crippen LogP contribution in [0.2, 0.25) is 0 Å². The zero-order chi connectivity index (χ0) is 13.2. The quantitative estimate of drug-likeness (QED) is 0.678. The van der Waals surface area contributed by atoms with Crippen LogP contribution in [-0.4, -0.2) is 5.78 Å². The van der Waals surface area contributed by atoms with Crippen LogP contribution in [0.3, 0.4) is 0 Å². The Labute approximate surface area is 110 Å². The second kappa shape index (κ2) is 5.04. The minimum absolute atomic E-state index is 0.198. The minimum Gasteiger partial charge on any atom is -0.294 e. The highest BCUT2D eigenvalue weighted by Gasteiger charge is 2.25. The average molecular weight is 256 g/mol. The summed E-state index contributed by atoms with van der Waals surface area (Å²) < 4.78 is 0. The molecule has 0 unspecified atom stereocenters. The highest BCUT2D eigenvalue weighted by atomic mass is 31.0. The lowest BCUT2D eigenvalue weighted by Crippen LogP contribution is -2.20. The highest BCUT2D eigenvalue weighted by Crippen LogP contribution is 2.31. The van der Waals surface area contributed by atoms with Crippen LogP contribution in [0.5, 0.6) is 0 Å². The Hall–Kier alpha value is -1.46. The smallest absolute Gasteiger partial charge is 0.168 e. The molecule has 0 bridgehead atoms. The molecule has 0 N–H and O–H groups in total. The van der Waals surface area contributed by atoms with E-state index in [0.29, 0.717) is 0 Å². The molecule has 0 aliphatic carbocycles. The van der Waals surface area contributed by atoms with Crippen molar-refractivity contribution in [2.24, 2.45) is 5.41 Å². The van der Waals surface area contributed by atoms with E-state index in [0.717, 1.165) is 24.9 Å². The maximum atomic E-state index is 12.5. The Morgan fingerprint density at radius 1 is 1.06 bits per heavy atom. The van der Waals surface area contributed by atoms with Gasteiger partial charge in [0.25, 0.3) is 0 Å². The largest absolute Gasteiger partial charge is 0.294 e. The van der Waals surface area contributed by atoms with Gasteiger partial charge >= 0.3 is 0 Å². The van der Waals surface area contributed by atoms with E-state index in [2.05, 4.69) is 17.9 Å². The summed E-state index contributed by atoms with van der Waals surface area (Å²) in [6.45, 7) is 5.89. The molecule has 0 saturated heterocycles. The van der Waals surface area contributed by atoms with Gasteiger partial charge in [0.05, 0.1) is 0 Å². The van der Waals surface area contributed by atoms with Crippen LogP contribution in [-0.2, 0) is 0 Å². The monoisotopic (exact) mass is 256 g/mol. The van der Waals surface area contributed by atoms with E-state index >= 15 is 0 Å². The van der Waals surface area contributed by atoms with Crippen LogP contribution >= 0.6 is 8.19 Å². The fraction of sp³-hybridized carbons (Fsp3) is 0.250. The Balaban J connectivity index is 2.54. The molecule has 2 heteroatoms. The predicted octanol–water partition coefficient (Wildman–Crippen LogP) is 5.16. The van der Waals surface area contributed by atoms with E-state index in [4.69, 9.17) is 0 Å². The molecule has 0 amide bonds. The number of carbonyl (C=O) groups excluding carboxylic acids is 1. The maximum absolute atomic E-state index is 12.5. The molecule has 0 fully saturated rings. The topological polar surface area (TPSA) is 17.1 Å². The zero-order valence-corrected chi connectivity index (χ0v) is 11.9. The van der Waals surface area contributed by atoms with Crippen molar-refractivity contribution >= 4 is 14.0 Å². The molecule has 92 valence electrons. The minimum atomic E-state index is -0.345. The van der Waals surface area contributed by atoms with Crippen LogP contribution < -0.4 is 0 Å². The normalized spacial score (nSPS) is 11.7. The SMILES string of the molecule is CC(C)(C)C(=O)c1ccpcc1-c1ccccc1. The first kappa shape index (κ1) is 13.0. The molecule has 18 heavy (non-hydrogen) atoms. The van der Waals surface area contributed by atoms with Gasteiger partial charge in [-0.1, -0.05) is 59.3 Å². The molecule has 0 spiro atoms. The van der Waals surface area contributed by atoms with Crippen LogP contribution in [0.4, 0.5) is 0 Å². The van der Waals surface area contributed by atoms with E-state index in [-0.39, 0.29) is 11.2 Å². The fourth-order valence-electron chi connectivity index (χ4n) is 1.84. The first-order valence-corrected chi connectivity index (χ1v) is 7.07. The average Bonchev–Trinajstić information content (AvgIpc) is 2.38. The summed E-state index contributed by atoms with van der Waals surface area (Å²) in [4.78, 5) is 12.5. The van der Waals surface area contributed by atoms with Crippen molar-refractivity contribution in [3.63, 3.8) is 0 Å². The van der Waals surface area contributed by atoms with Gasteiger partial charge in [0.1, 0.15) is 0 Å². The van der Waals surface area contributed by atoms with Gasteiger partial charge < -0.3 is 0 Å². The van der Waals surface area contributed by atoms with Gasteiger partial charge in [-0.25, -0.2) is 0 Å². The number of carbonyl (C=O) groups is 1. The molecule has 0 aliphatic rings. The second-order valence-electron chi connectivity index (χ2n) is 5.37. The summed E-state index contributed by atoms with van der Waals surface area (Å²) in [5, 5.41) is 0. The fourth-order valence-corrected chi connectivity index (χ4v) is 2.60. The van der Waals surface area contributed by atoms with Crippen LogP contribution in [0, 0.1) is 5.41 Å². The van der Waals surface area contributed by atoms with Crippen molar-refractivity contribution in [1.82, 2.24) is 0 Å². The van der Waals surface area contributed by atoms with Gasteiger partial charge in [0, 0.05) is 11.0 Å². The van der Waals surface area contributed by atoms with Gasteiger partial charge in [0.2, 0.25) is 0 Å². The lowest BCUT2D eigenvalue weighted by Gasteiger charge is -2.19. The lowest BCUT2D eigenvalue weighted by molar-refractivity contribution is 0.0859. The Morgan fingerprint density at radius 3 is 2.33 bits per heavy atom. The molecule has 2 rings (SSSR count). The van der Waals surface area contributed by atoms with E-state index < -0.39 is 0 Å². The van der Waals surface area contributed by atoms with Crippen molar-refractivity contribution < 1.29 is 4.79 Å². The molecule has 1 aromatic heterocycles. The summed E-state index contributed by atoms with van der Waals surface area (Å²) in [5.41, 5.74) is 2.65. The molecule has 0 atom stereocenters. The molecule has 0 saturated carbocycles. The number of hydrogen-bond donors (Lipinski definition) is 0. The molecule has 2 aromatic rings. The molecule has 1 nitrogen and oxygen atoms in total. The predicted molar refractivity (Wildman–Crippen MR) is 78.2 cm³/mol. The van der Waals surface area contributed by atoms with E-state index in [1.807, 2.05) is 50.8 Å². The van der Waals surface area contributed by atoms with Crippen LogP contribution in [0.1, 0.15) is 31.1 Å². The second-order valence-corrected chi connectivity index (χ2v) is 6.22. The van der Waals surface area contributed by atoms with E-state index in [1.54, 1.807) is 0 Å². The van der Waals surface area contributed by atoms with E-state index in [1.165, 1.54) is 0 Å². The third kappa shape index (κ3) is 2.68. The Kier molecular flexibility index (Phi) is 3.63. The summed E-state index contributed by atoms with van der Waals surface area (Å²) in [7, 11) is 1.13. The third-order valence-corrected chi connectivity index (χ3v) is 3.56. The molecule has 1 aromatic carbocycles. The van der Waals surface area contributed by atoms with E-state index in [9.17, 15) is 4.79 Å². The van der Waals surface area contributed by atoms with Gasteiger partial charge in [-0.2, -0.15) is 0 Å². The first-order valence-electron chi connectivity index (χ1n) is 6.04. The van der Waals surface area contributed by atoms with Crippen molar-refractivity contribution in [3.8, 4) is 11.1 Å². The van der Waals surface area contributed by atoms with Gasteiger partial charge in [-0.15, -0.1) is 0 Å². The molecular formula is C16H17OP. The van der Waals surface area contributed by atoms with Crippen molar-refractivity contribution in [1.29, 1.82) is 0 Å². The number of Topliss-reactive ketones (excluding diaryl/α,β-unsaturated/α-hetero) is 1. The third-order valence-electron chi connectivity index (χ3n) is 2.83. The maximum Gasteiger partial charge on any atom is 0.168 e. The zero-order valence-electron chi connectivity index (χ0n) is 11.0. The van der Waals surface area contributed by atoms with Crippen LogP contribution in [0.25, 0.3) is 11.1 Å². The number of ketones is 1. The van der Waals surface area contributed by atoms with Gasteiger partial charge in [-0.3, -0.25) is 4.79 Å². The first-order chi connectivity index (χ1) is 8.50. The molecular weight excluding hydrogens is 239 g/mol. The van der Waals surface area contributed by atoms with Gasteiger partial charge in [-0.05, 0) is 28.8 Å². The summed E-state index contributed by atoms with van der Waals surface area (Å²) in [6.07, 6.45) is 0.